The number of hydrogen-bond acceptors (Lipinski definition) is 4. The second kappa shape index (κ2) is 10.8. The Bertz CT molecular complexity index is 972. The molecular formula is C27H33N3O3. The number of hydrogen-bond donors (Lipinski definition) is 1. The fourth-order valence-electron chi connectivity index (χ4n) is 5.06. The van der Waals surface area contributed by atoms with Crippen molar-refractivity contribution in [3.63, 3.8) is 0 Å². The van der Waals surface area contributed by atoms with Crippen LogP contribution >= 0.6 is 0 Å². The van der Waals surface area contributed by atoms with Crippen LogP contribution in [-0.2, 0) is 20.7 Å². The summed E-state index contributed by atoms with van der Waals surface area (Å²) < 4.78 is 5.77. The Morgan fingerprint density at radius 1 is 1.21 bits per heavy atom. The maximum Gasteiger partial charge on any atom is 0.251 e. The summed E-state index contributed by atoms with van der Waals surface area (Å²) in [6.45, 7) is 5.84. The van der Waals surface area contributed by atoms with E-state index in [4.69, 9.17) is 4.74 Å². The minimum Gasteiger partial charge on any atom is -0.368 e. The number of carbonyl (C=O) groups is 2. The minimum atomic E-state index is -0.704. The lowest BCUT2D eigenvalue weighted by Gasteiger charge is -2.43. The first-order chi connectivity index (χ1) is 16.1. The average Bonchev–Trinajstić information content (AvgIpc) is 2.88. The summed E-state index contributed by atoms with van der Waals surface area (Å²) in [6.07, 6.45) is 9.75. The Morgan fingerprint density at radius 3 is 2.85 bits per heavy atom. The third kappa shape index (κ3) is 5.33. The molecule has 2 atom stereocenters. The van der Waals surface area contributed by atoms with Gasteiger partial charge in [-0.05, 0) is 55.7 Å². The molecule has 1 N–H and O–H groups in total. The van der Waals surface area contributed by atoms with Crippen molar-refractivity contribution in [2.24, 2.45) is 5.41 Å². The molecule has 1 aromatic heterocycles. The van der Waals surface area contributed by atoms with Crippen molar-refractivity contribution in [2.45, 2.75) is 44.6 Å². The number of aromatic nitrogens is 1. The van der Waals surface area contributed by atoms with Crippen LogP contribution in [0.5, 0.6) is 0 Å². The summed E-state index contributed by atoms with van der Waals surface area (Å²) in [6, 6.07) is 12.1. The second-order valence-corrected chi connectivity index (χ2v) is 9.07. The van der Waals surface area contributed by atoms with Crippen LogP contribution in [-0.4, -0.2) is 54.0 Å². The van der Waals surface area contributed by atoms with Gasteiger partial charge in [-0.1, -0.05) is 36.4 Å². The quantitative estimate of drug-likeness (QED) is 0.656. The average molecular weight is 448 g/mol. The first-order valence-electron chi connectivity index (χ1n) is 11.9. The van der Waals surface area contributed by atoms with Crippen molar-refractivity contribution in [1.82, 2.24) is 15.2 Å². The van der Waals surface area contributed by atoms with Gasteiger partial charge in [0.1, 0.15) is 6.10 Å². The zero-order valence-corrected chi connectivity index (χ0v) is 19.2. The van der Waals surface area contributed by atoms with Crippen molar-refractivity contribution in [3.05, 3.63) is 67.0 Å². The molecule has 2 aromatic rings. The minimum absolute atomic E-state index is 0.0227. The fraction of sp³-hybridized carbons (Fsp3) is 0.444. The molecule has 0 radical (unpaired) electrons. The third-order valence-corrected chi connectivity index (χ3v) is 6.75. The van der Waals surface area contributed by atoms with Gasteiger partial charge < -0.3 is 15.0 Å². The van der Waals surface area contributed by atoms with E-state index in [-0.39, 0.29) is 17.9 Å². The van der Waals surface area contributed by atoms with Gasteiger partial charge in [-0.3, -0.25) is 14.6 Å². The summed E-state index contributed by atoms with van der Waals surface area (Å²) in [5.74, 6) is 0.00120. The zero-order chi connectivity index (χ0) is 23.1. The number of benzene rings is 1. The molecule has 33 heavy (non-hydrogen) atoms. The van der Waals surface area contributed by atoms with Gasteiger partial charge in [-0.2, -0.15) is 0 Å². The molecule has 2 aliphatic heterocycles. The van der Waals surface area contributed by atoms with E-state index in [2.05, 4.69) is 29.0 Å². The molecule has 4 rings (SSSR count). The fourth-order valence-corrected chi connectivity index (χ4v) is 5.06. The second-order valence-electron chi connectivity index (χ2n) is 9.07. The Kier molecular flexibility index (Phi) is 7.55. The van der Waals surface area contributed by atoms with E-state index in [1.54, 1.807) is 12.3 Å². The highest BCUT2D eigenvalue weighted by molar-refractivity contribution is 5.86. The van der Waals surface area contributed by atoms with Gasteiger partial charge in [0.2, 0.25) is 5.91 Å². The van der Waals surface area contributed by atoms with Crippen LogP contribution in [0.3, 0.4) is 0 Å². The number of likely N-dealkylation sites (tertiary alicyclic amines) is 1. The number of pyridine rings is 1. The Morgan fingerprint density at radius 2 is 2.09 bits per heavy atom. The summed E-state index contributed by atoms with van der Waals surface area (Å²) >= 11 is 0. The lowest BCUT2D eigenvalue weighted by Crippen LogP contribution is -2.56. The summed E-state index contributed by atoms with van der Waals surface area (Å²) in [5.41, 5.74) is 2.47. The summed E-state index contributed by atoms with van der Waals surface area (Å²) in [7, 11) is 0. The van der Waals surface area contributed by atoms with Crippen LogP contribution in [0.2, 0.25) is 0 Å². The van der Waals surface area contributed by atoms with E-state index in [1.807, 2.05) is 35.4 Å². The molecule has 1 aromatic carbocycles. The number of ether oxygens (including phenoxy) is 1. The Balaban J connectivity index is 1.64. The van der Waals surface area contributed by atoms with Crippen LogP contribution in [0.4, 0.5) is 0 Å². The van der Waals surface area contributed by atoms with Crippen LogP contribution < -0.4 is 5.32 Å². The lowest BCUT2D eigenvalue weighted by molar-refractivity contribution is -0.152. The molecule has 174 valence electrons. The van der Waals surface area contributed by atoms with E-state index in [9.17, 15) is 9.59 Å². The molecule has 6 nitrogen and oxygen atoms in total. The molecule has 2 amide bonds. The normalized spacial score (nSPS) is 23.0. The van der Waals surface area contributed by atoms with Gasteiger partial charge in [-0.25, -0.2) is 0 Å². The molecule has 2 fully saturated rings. The first-order valence-corrected chi connectivity index (χ1v) is 11.9. The molecular weight excluding hydrogens is 414 g/mol. The monoisotopic (exact) mass is 447 g/mol. The Hall–Kier alpha value is -2.99. The Labute approximate surface area is 196 Å². The topological polar surface area (TPSA) is 71.5 Å². The molecule has 2 aliphatic rings. The number of nitrogens with zero attached hydrogens (tertiary/aromatic N) is 2. The highest BCUT2D eigenvalue weighted by atomic mass is 16.5. The highest BCUT2D eigenvalue weighted by Gasteiger charge is 2.44. The van der Waals surface area contributed by atoms with Gasteiger partial charge in [0.05, 0.1) is 5.41 Å². The van der Waals surface area contributed by atoms with E-state index < -0.39 is 5.41 Å². The van der Waals surface area contributed by atoms with Crippen molar-refractivity contribution < 1.29 is 14.3 Å². The number of carbonyl (C=O) groups excluding carboxylic acids is 2. The van der Waals surface area contributed by atoms with Crippen LogP contribution in [0.1, 0.15) is 37.7 Å². The number of piperidine rings is 1. The van der Waals surface area contributed by atoms with Crippen molar-refractivity contribution in [3.8, 4) is 11.1 Å². The predicted molar refractivity (Wildman–Crippen MR) is 128 cm³/mol. The molecule has 2 saturated heterocycles. The lowest BCUT2D eigenvalue weighted by atomic mass is 9.73. The molecule has 0 saturated carbocycles. The van der Waals surface area contributed by atoms with Gasteiger partial charge in [0.15, 0.2) is 0 Å². The van der Waals surface area contributed by atoms with E-state index in [0.29, 0.717) is 32.7 Å². The van der Waals surface area contributed by atoms with E-state index in [1.165, 1.54) is 0 Å². The maximum absolute atomic E-state index is 13.5. The van der Waals surface area contributed by atoms with Crippen molar-refractivity contribution in [1.29, 1.82) is 0 Å². The molecule has 3 heterocycles. The molecule has 6 heteroatoms. The van der Waals surface area contributed by atoms with Gasteiger partial charge >= 0.3 is 0 Å². The number of nitrogens with one attached hydrogen (secondary N) is 1. The third-order valence-electron chi connectivity index (χ3n) is 6.75. The zero-order valence-electron chi connectivity index (χ0n) is 19.2. The van der Waals surface area contributed by atoms with Crippen LogP contribution in [0, 0.1) is 5.41 Å². The molecule has 0 spiro atoms. The van der Waals surface area contributed by atoms with Gasteiger partial charge in [-0.15, -0.1) is 6.58 Å². The van der Waals surface area contributed by atoms with Gasteiger partial charge in [0, 0.05) is 44.2 Å². The largest absolute Gasteiger partial charge is 0.368 e. The summed E-state index contributed by atoms with van der Waals surface area (Å²) in [5, 5.41) is 3.02. The number of amides is 2. The van der Waals surface area contributed by atoms with Crippen LogP contribution in [0.25, 0.3) is 11.1 Å². The highest BCUT2D eigenvalue weighted by Crippen LogP contribution is 2.37. The first kappa shape index (κ1) is 23.2. The number of rotatable bonds is 7. The molecule has 0 aliphatic carbocycles. The van der Waals surface area contributed by atoms with Crippen molar-refractivity contribution >= 4 is 11.8 Å². The SMILES string of the molecule is C=CCNC(=O)C1(Cc2ccccc2-c2cccnc2)CCCN(C(=O)C2CCCCO2)C1. The van der Waals surface area contributed by atoms with Crippen LogP contribution in [0.15, 0.2) is 61.4 Å². The molecule has 0 bridgehead atoms. The standard InChI is InChI=1S/C27H33N3O3/c1-2-14-29-26(32)27(13-8-16-30(20-27)25(31)24-12-5-6-17-33-24)18-21-9-3-4-11-23(21)22-10-7-15-28-19-22/h2-4,7,9-11,15,19,24H,1,5-6,8,12-14,16-18,20H2,(H,29,32). The summed E-state index contributed by atoms with van der Waals surface area (Å²) in [4.78, 5) is 32.9. The molecule has 2 unspecified atom stereocenters. The predicted octanol–water partition coefficient (Wildman–Crippen LogP) is 3.77. The van der Waals surface area contributed by atoms with Gasteiger partial charge in [0.25, 0.3) is 5.91 Å². The maximum atomic E-state index is 13.5. The van der Waals surface area contributed by atoms with E-state index in [0.717, 1.165) is 48.8 Å². The van der Waals surface area contributed by atoms with E-state index >= 15 is 0 Å². The smallest absolute Gasteiger partial charge is 0.251 e. The van der Waals surface area contributed by atoms with Crippen molar-refractivity contribution in [2.75, 3.05) is 26.2 Å².